The summed E-state index contributed by atoms with van der Waals surface area (Å²) in [6.45, 7) is -0.206. The smallest absolute Gasteiger partial charge is 0.277 e. The number of nitrogens with zero attached hydrogens (tertiary/aromatic N) is 1. The van der Waals surface area contributed by atoms with E-state index < -0.39 is 5.91 Å². The summed E-state index contributed by atoms with van der Waals surface area (Å²) in [6.07, 6.45) is 1.33. The number of carbonyl (C=O) groups excluding carboxylic acids is 1. The van der Waals surface area contributed by atoms with E-state index in [1.165, 1.54) is 13.3 Å². The van der Waals surface area contributed by atoms with Crippen molar-refractivity contribution in [3.63, 3.8) is 0 Å². The van der Waals surface area contributed by atoms with Crippen LogP contribution in [0.3, 0.4) is 0 Å². The van der Waals surface area contributed by atoms with E-state index in [-0.39, 0.29) is 12.4 Å². The summed E-state index contributed by atoms with van der Waals surface area (Å²) in [5.41, 5.74) is 2.78. The summed E-state index contributed by atoms with van der Waals surface area (Å²) >= 11 is 6.96. The maximum atomic E-state index is 12.0. The largest absolute Gasteiger partial charge is 0.504 e. The fraction of sp³-hybridized carbons (Fsp3) is 0.100. The SMILES string of the molecule is COc1cccc(/C=N/NC(=O)COc2ccc3cc(Br)ccc3c2Br)c1O. The van der Waals surface area contributed by atoms with E-state index in [0.717, 1.165) is 19.7 Å². The number of nitrogens with one attached hydrogen (secondary N) is 1. The molecule has 8 heteroatoms. The minimum atomic E-state index is -0.429. The van der Waals surface area contributed by atoms with Gasteiger partial charge in [0.25, 0.3) is 5.91 Å². The molecule has 144 valence electrons. The van der Waals surface area contributed by atoms with Crippen molar-refractivity contribution in [3.8, 4) is 17.2 Å². The predicted molar refractivity (Wildman–Crippen MR) is 115 cm³/mol. The van der Waals surface area contributed by atoms with Gasteiger partial charge in [-0.1, -0.05) is 34.1 Å². The first kappa shape index (κ1) is 20.2. The number of hydrazone groups is 1. The molecule has 0 spiro atoms. The van der Waals surface area contributed by atoms with E-state index in [9.17, 15) is 9.90 Å². The number of fused-ring (bicyclic) bond motifs is 1. The molecule has 0 unspecified atom stereocenters. The molecule has 0 heterocycles. The number of ether oxygens (including phenoxy) is 2. The minimum Gasteiger partial charge on any atom is -0.504 e. The number of hydrogen-bond donors (Lipinski definition) is 2. The van der Waals surface area contributed by atoms with Crippen LogP contribution in [0.5, 0.6) is 17.2 Å². The molecule has 0 bridgehead atoms. The minimum absolute atomic E-state index is 0.0500. The Hall–Kier alpha value is -2.58. The van der Waals surface area contributed by atoms with Crippen LogP contribution in [0, 0.1) is 0 Å². The highest BCUT2D eigenvalue weighted by molar-refractivity contribution is 9.11. The first-order valence-electron chi connectivity index (χ1n) is 8.18. The van der Waals surface area contributed by atoms with Gasteiger partial charge >= 0.3 is 0 Å². The lowest BCUT2D eigenvalue weighted by molar-refractivity contribution is -0.123. The van der Waals surface area contributed by atoms with Crippen molar-refractivity contribution in [1.29, 1.82) is 0 Å². The molecular formula is C20H16Br2N2O4. The van der Waals surface area contributed by atoms with Crippen LogP contribution in [0.4, 0.5) is 0 Å². The van der Waals surface area contributed by atoms with Crippen LogP contribution in [0.25, 0.3) is 10.8 Å². The Bertz CT molecular complexity index is 1050. The summed E-state index contributed by atoms with van der Waals surface area (Å²) in [6, 6.07) is 14.6. The van der Waals surface area contributed by atoms with E-state index in [1.54, 1.807) is 24.3 Å². The first-order valence-corrected chi connectivity index (χ1v) is 9.76. The molecule has 0 fully saturated rings. The van der Waals surface area contributed by atoms with Crippen molar-refractivity contribution in [3.05, 3.63) is 63.0 Å². The molecule has 3 aromatic rings. The molecule has 2 N–H and O–H groups in total. The number of benzene rings is 3. The van der Waals surface area contributed by atoms with Gasteiger partial charge in [0.05, 0.1) is 17.8 Å². The molecule has 0 aliphatic carbocycles. The second-order valence-electron chi connectivity index (χ2n) is 5.72. The highest BCUT2D eigenvalue weighted by Crippen LogP contribution is 2.34. The lowest BCUT2D eigenvalue weighted by atomic mass is 10.1. The normalized spacial score (nSPS) is 11.0. The number of para-hydroxylation sites is 1. The predicted octanol–water partition coefficient (Wildman–Crippen LogP) is 4.61. The first-order chi connectivity index (χ1) is 13.5. The van der Waals surface area contributed by atoms with Gasteiger partial charge in [0.15, 0.2) is 18.1 Å². The van der Waals surface area contributed by atoms with Crippen LogP contribution < -0.4 is 14.9 Å². The molecular weight excluding hydrogens is 492 g/mol. The molecule has 0 saturated heterocycles. The third-order valence-electron chi connectivity index (χ3n) is 3.88. The van der Waals surface area contributed by atoms with Gasteiger partial charge in [0.1, 0.15) is 5.75 Å². The van der Waals surface area contributed by atoms with Crippen molar-refractivity contribution >= 4 is 54.8 Å². The number of methoxy groups -OCH3 is 1. The number of aromatic hydroxyl groups is 1. The van der Waals surface area contributed by atoms with Crippen LogP contribution in [-0.4, -0.2) is 30.9 Å². The van der Waals surface area contributed by atoms with Gasteiger partial charge in [-0.3, -0.25) is 4.79 Å². The fourth-order valence-electron chi connectivity index (χ4n) is 2.51. The average Bonchev–Trinajstić information content (AvgIpc) is 2.68. The Balaban J connectivity index is 1.61. The Morgan fingerprint density at radius 3 is 2.79 bits per heavy atom. The molecule has 0 atom stereocenters. The molecule has 1 amide bonds. The number of carbonyl (C=O) groups is 1. The number of amides is 1. The zero-order valence-corrected chi connectivity index (χ0v) is 18.0. The van der Waals surface area contributed by atoms with Crippen molar-refractivity contribution in [1.82, 2.24) is 5.43 Å². The van der Waals surface area contributed by atoms with Gasteiger partial charge in [-0.15, -0.1) is 0 Å². The Labute approximate surface area is 178 Å². The molecule has 3 aromatic carbocycles. The quantitative estimate of drug-likeness (QED) is 0.377. The monoisotopic (exact) mass is 506 g/mol. The summed E-state index contributed by atoms with van der Waals surface area (Å²) < 4.78 is 12.4. The molecule has 28 heavy (non-hydrogen) atoms. The van der Waals surface area contributed by atoms with Gasteiger partial charge < -0.3 is 14.6 Å². The van der Waals surface area contributed by atoms with Crippen molar-refractivity contribution in [2.45, 2.75) is 0 Å². The van der Waals surface area contributed by atoms with Crippen molar-refractivity contribution < 1.29 is 19.4 Å². The average molecular weight is 508 g/mol. The maximum absolute atomic E-state index is 12.0. The summed E-state index contributed by atoms with van der Waals surface area (Å²) in [4.78, 5) is 12.0. The van der Waals surface area contributed by atoms with Gasteiger partial charge in [0, 0.05) is 10.0 Å². The molecule has 0 aromatic heterocycles. The van der Waals surface area contributed by atoms with Crippen LogP contribution >= 0.6 is 31.9 Å². The molecule has 0 aliphatic rings. The van der Waals surface area contributed by atoms with Crippen LogP contribution in [-0.2, 0) is 4.79 Å². The van der Waals surface area contributed by atoms with E-state index in [4.69, 9.17) is 9.47 Å². The third kappa shape index (κ3) is 4.63. The zero-order chi connectivity index (χ0) is 20.1. The molecule has 0 aliphatic heterocycles. The number of phenols is 1. The lowest BCUT2D eigenvalue weighted by Crippen LogP contribution is -2.24. The number of phenolic OH excluding ortho intramolecular Hbond substituents is 1. The Morgan fingerprint density at radius 1 is 1.18 bits per heavy atom. The van der Waals surface area contributed by atoms with Crippen LogP contribution in [0.1, 0.15) is 5.56 Å². The van der Waals surface area contributed by atoms with E-state index >= 15 is 0 Å². The number of halogens is 2. The number of hydrogen-bond acceptors (Lipinski definition) is 5. The second kappa shape index (κ2) is 9.07. The standard InChI is InChI=1S/C20H16Br2N2O4/c1-27-17-4-2-3-13(20(17)26)10-23-24-18(25)11-28-16-8-5-12-9-14(21)6-7-15(12)19(16)22/h2-10,26H,11H2,1H3,(H,24,25)/b23-10+. The molecule has 0 radical (unpaired) electrons. The zero-order valence-electron chi connectivity index (χ0n) is 14.8. The van der Waals surface area contributed by atoms with Gasteiger partial charge in [-0.2, -0.15) is 5.10 Å². The van der Waals surface area contributed by atoms with Gasteiger partial charge in [-0.05, 0) is 57.0 Å². The van der Waals surface area contributed by atoms with Crippen LogP contribution in [0.15, 0.2) is 62.6 Å². The van der Waals surface area contributed by atoms with Crippen molar-refractivity contribution in [2.75, 3.05) is 13.7 Å². The highest BCUT2D eigenvalue weighted by Gasteiger charge is 2.09. The fourth-order valence-corrected chi connectivity index (χ4v) is 3.50. The number of rotatable bonds is 6. The third-order valence-corrected chi connectivity index (χ3v) is 5.19. The van der Waals surface area contributed by atoms with Crippen molar-refractivity contribution in [2.24, 2.45) is 5.10 Å². The Morgan fingerprint density at radius 2 is 2.00 bits per heavy atom. The highest BCUT2D eigenvalue weighted by atomic mass is 79.9. The van der Waals surface area contributed by atoms with E-state index in [1.807, 2.05) is 24.3 Å². The summed E-state index contributed by atoms with van der Waals surface area (Å²) in [5, 5.41) is 15.8. The van der Waals surface area contributed by atoms with Crippen LogP contribution in [0.2, 0.25) is 0 Å². The maximum Gasteiger partial charge on any atom is 0.277 e. The second-order valence-corrected chi connectivity index (χ2v) is 7.43. The van der Waals surface area contributed by atoms with Gasteiger partial charge in [0.2, 0.25) is 0 Å². The summed E-state index contributed by atoms with van der Waals surface area (Å²) in [7, 11) is 1.46. The molecule has 0 saturated carbocycles. The molecule has 3 rings (SSSR count). The Kier molecular flexibility index (Phi) is 6.53. The summed E-state index contributed by atoms with van der Waals surface area (Å²) in [5.74, 6) is 0.401. The van der Waals surface area contributed by atoms with E-state index in [2.05, 4.69) is 42.4 Å². The van der Waals surface area contributed by atoms with Gasteiger partial charge in [-0.25, -0.2) is 5.43 Å². The molecule has 6 nitrogen and oxygen atoms in total. The lowest BCUT2D eigenvalue weighted by Gasteiger charge is -2.10. The topological polar surface area (TPSA) is 80.2 Å². The van der Waals surface area contributed by atoms with E-state index in [0.29, 0.717) is 17.1 Å².